The molecule has 1 unspecified atom stereocenters. The van der Waals surface area contributed by atoms with Gasteiger partial charge in [0.05, 0.1) is 5.92 Å². The third-order valence-electron chi connectivity index (χ3n) is 3.09. The highest BCUT2D eigenvalue weighted by Gasteiger charge is 2.21. The Balaban J connectivity index is 2.53. The first-order chi connectivity index (χ1) is 9.40. The average Bonchev–Trinajstić information content (AvgIpc) is 2.37. The fourth-order valence-corrected chi connectivity index (χ4v) is 2.50. The van der Waals surface area contributed by atoms with Crippen LogP contribution in [0, 0.1) is 13.8 Å². The number of hydrogen-bond acceptors (Lipinski definition) is 4. The molecular weight excluding hydrogens is 322 g/mol. The molecule has 6 heteroatoms. The Morgan fingerprint density at radius 1 is 1.25 bits per heavy atom. The van der Waals surface area contributed by atoms with Crippen molar-refractivity contribution in [2.45, 2.75) is 26.7 Å². The average molecular weight is 336 g/mol. The van der Waals surface area contributed by atoms with E-state index in [1.165, 1.54) is 0 Å². The number of nitrogens with zero attached hydrogens (tertiary/aromatic N) is 3. The Morgan fingerprint density at radius 3 is 2.35 bits per heavy atom. The lowest BCUT2D eigenvalue weighted by molar-refractivity contribution is -0.138. The number of rotatable bonds is 3. The lowest BCUT2D eigenvalue weighted by atomic mass is 9.98. The SMILES string of the molecule is Cc1nc(-c2cncc(Br)c2)nc(C)c1C(C)C(=O)O. The Labute approximate surface area is 125 Å². The van der Waals surface area contributed by atoms with Gasteiger partial charge in [-0.3, -0.25) is 9.78 Å². The van der Waals surface area contributed by atoms with E-state index in [2.05, 4.69) is 30.9 Å². The molecule has 2 heterocycles. The summed E-state index contributed by atoms with van der Waals surface area (Å²) in [4.78, 5) is 24.0. The molecule has 2 rings (SSSR count). The van der Waals surface area contributed by atoms with Crippen LogP contribution in [0.4, 0.5) is 0 Å². The first kappa shape index (κ1) is 14.6. The van der Waals surface area contributed by atoms with Crippen molar-refractivity contribution in [1.82, 2.24) is 15.0 Å². The molecule has 0 spiro atoms. The standard InChI is InChI=1S/C14H14BrN3O2/c1-7(14(19)20)12-8(2)17-13(18-9(12)3)10-4-11(15)6-16-5-10/h4-7H,1-3H3,(H,19,20). The number of carboxylic acid groups (broad SMARTS) is 1. The molecule has 0 bridgehead atoms. The van der Waals surface area contributed by atoms with Crippen molar-refractivity contribution in [1.29, 1.82) is 0 Å². The monoisotopic (exact) mass is 335 g/mol. The van der Waals surface area contributed by atoms with Gasteiger partial charge in [-0.2, -0.15) is 0 Å². The van der Waals surface area contributed by atoms with Crippen LogP contribution < -0.4 is 0 Å². The minimum absolute atomic E-state index is 0.551. The molecule has 0 saturated carbocycles. The van der Waals surface area contributed by atoms with Crippen LogP contribution in [0.3, 0.4) is 0 Å². The van der Waals surface area contributed by atoms with E-state index in [0.29, 0.717) is 22.8 Å². The molecule has 0 aromatic carbocycles. The molecule has 0 aliphatic carbocycles. The van der Waals surface area contributed by atoms with Gasteiger partial charge in [-0.1, -0.05) is 0 Å². The zero-order valence-electron chi connectivity index (χ0n) is 11.4. The van der Waals surface area contributed by atoms with Crippen molar-refractivity contribution in [3.8, 4) is 11.4 Å². The number of halogens is 1. The molecule has 0 radical (unpaired) electrons. The molecule has 2 aromatic heterocycles. The molecule has 0 saturated heterocycles. The molecule has 0 aliphatic rings. The second kappa shape index (κ2) is 5.66. The molecule has 2 aromatic rings. The van der Waals surface area contributed by atoms with Crippen molar-refractivity contribution >= 4 is 21.9 Å². The van der Waals surface area contributed by atoms with Crippen molar-refractivity contribution in [2.24, 2.45) is 0 Å². The van der Waals surface area contributed by atoms with Gasteiger partial charge in [0.15, 0.2) is 5.82 Å². The lowest BCUT2D eigenvalue weighted by Crippen LogP contribution is -2.13. The Morgan fingerprint density at radius 2 is 1.85 bits per heavy atom. The molecule has 104 valence electrons. The third-order valence-corrected chi connectivity index (χ3v) is 3.53. The van der Waals surface area contributed by atoms with E-state index in [1.54, 1.807) is 33.2 Å². The molecule has 20 heavy (non-hydrogen) atoms. The zero-order valence-corrected chi connectivity index (χ0v) is 13.0. The molecule has 1 N–H and O–H groups in total. The maximum Gasteiger partial charge on any atom is 0.310 e. The summed E-state index contributed by atoms with van der Waals surface area (Å²) in [7, 11) is 0. The van der Waals surface area contributed by atoms with Crippen LogP contribution in [0.5, 0.6) is 0 Å². The third kappa shape index (κ3) is 2.85. The lowest BCUT2D eigenvalue weighted by Gasteiger charge is -2.14. The van der Waals surface area contributed by atoms with E-state index in [0.717, 1.165) is 10.0 Å². The summed E-state index contributed by atoms with van der Waals surface area (Å²) in [6, 6.07) is 1.88. The van der Waals surface area contributed by atoms with Crippen LogP contribution in [0.2, 0.25) is 0 Å². The maximum atomic E-state index is 11.1. The topological polar surface area (TPSA) is 76.0 Å². The van der Waals surface area contributed by atoms with E-state index < -0.39 is 11.9 Å². The fourth-order valence-electron chi connectivity index (χ4n) is 2.14. The molecule has 0 fully saturated rings. The highest BCUT2D eigenvalue weighted by molar-refractivity contribution is 9.10. The Hall–Kier alpha value is -1.82. The van der Waals surface area contributed by atoms with Crippen LogP contribution in [0.15, 0.2) is 22.9 Å². The van der Waals surface area contributed by atoms with Gasteiger partial charge in [-0.25, -0.2) is 9.97 Å². The van der Waals surface area contributed by atoms with Crippen LogP contribution in [0.25, 0.3) is 11.4 Å². The number of pyridine rings is 1. The Bertz CT molecular complexity index is 650. The number of carbonyl (C=O) groups is 1. The van der Waals surface area contributed by atoms with Gasteiger partial charge >= 0.3 is 5.97 Å². The van der Waals surface area contributed by atoms with Crippen LogP contribution in [-0.2, 0) is 4.79 Å². The predicted octanol–water partition coefficient (Wildman–Crippen LogP) is 3.11. The fraction of sp³-hybridized carbons (Fsp3) is 0.286. The minimum atomic E-state index is -0.878. The number of aryl methyl sites for hydroxylation is 2. The van der Waals surface area contributed by atoms with Gasteiger partial charge in [0.2, 0.25) is 0 Å². The van der Waals surface area contributed by atoms with Crippen LogP contribution >= 0.6 is 15.9 Å². The van der Waals surface area contributed by atoms with Crippen molar-refractivity contribution in [3.63, 3.8) is 0 Å². The normalized spacial score (nSPS) is 12.2. The van der Waals surface area contributed by atoms with Crippen molar-refractivity contribution < 1.29 is 9.90 Å². The van der Waals surface area contributed by atoms with Crippen molar-refractivity contribution in [2.75, 3.05) is 0 Å². The highest BCUT2D eigenvalue weighted by atomic mass is 79.9. The smallest absolute Gasteiger partial charge is 0.310 e. The minimum Gasteiger partial charge on any atom is -0.481 e. The van der Waals surface area contributed by atoms with Crippen molar-refractivity contribution in [3.05, 3.63) is 39.9 Å². The van der Waals surface area contributed by atoms with Gasteiger partial charge < -0.3 is 5.11 Å². The zero-order chi connectivity index (χ0) is 14.9. The van der Waals surface area contributed by atoms with E-state index >= 15 is 0 Å². The largest absolute Gasteiger partial charge is 0.481 e. The number of aromatic nitrogens is 3. The van der Waals surface area contributed by atoms with Gasteiger partial charge in [-0.15, -0.1) is 0 Å². The van der Waals surface area contributed by atoms with Crippen LogP contribution in [0.1, 0.15) is 29.8 Å². The molecule has 1 atom stereocenters. The van der Waals surface area contributed by atoms with Crippen LogP contribution in [-0.4, -0.2) is 26.0 Å². The number of carboxylic acids is 1. The van der Waals surface area contributed by atoms with Gasteiger partial charge in [0.25, 0.3) is 0 Å². The van der Waals surface area contributed by atoms with Gasteiger partial charge in [0.1, 0.15) is 0 Å². The second-order valence-corrected chi connectivity index (χ2v) is 5.50. The summed E-state index contributed by atoms with van der Waals surface area (Å²) in [6.45, 7) is 5.25. The predicted molar refractivity (Wildman–Crippen MR) is 78.5 cm³/mol. The quantitative estimate of drug-likeness (QED) is 0.932. The highest BCUT2D eigenvalue weighted by Crippen LogP contribution is 2.25. The number of aliphatic carboxylic acids is 1. The maximum absolute atomic E-state index is 11.1. The molecule has 0 aliphatic heterocycles. The first-order valence-electron chi connectivity index (χ1n) is 6.09. The summed E-state index contributed by atoms with van der Waals surface area (Å²) in [5.74, 6) is -0.948. The summed E-state index contributed by atoms with van der Waals surface area (Å²) < 4.78 is 0.844. The Kier molecular flexibility index (Phi) is 4.13. The second-order valence-electron chi connectivity index (χ2n) is 4.58. The van der Waals surface area contributed by atoms with Gasteiger partial charge in [0, 0.05) is 39.4 Å². The summed E-state index contributed by atoms with van der Waals surface area (Å²) in [5.41, 5.74) is 2.83. The summed E-state index contributed by atoms with van der Waals surface area (Å²) in [5, 5.41) is 9.14. The van der Waals surface area contributed by atoms with E-state index in [-0.39, 0.29) is 0 Å². The number of hydrogen-bond donors (Lipinski definition) is 1. The molecule has 0 amide bonds. The molecule has 5 nitrogen and oxygen atoms in total. The first-order valence-corrected chi connectivity index (χ1v) is 6.88. The summed E-state index contributed by atoms with van der Waals surface area (Å²) >= 11 is 3.36. The summed E-state index contributed by atoms with van der Waals surface area (Å²) in [6.07, 6.45) is 3.36. The van der Waals surface area contributed by atoms with E-state index in [4.69, 9.17) is 5.11 Å². The molecular formula is C14H14BrN3O2. The van der Waals surface area contributed by atoms with E-state index in [9.17, 15) is 4.79 Å². The van der Waals surface area contributed by atoms with Gasteiger partial charge in [-0.05, 0) is 42.8 Å². The van der Waals surface area contributed by atoms with E-state index in [1.807, 2.05) is 6.07 Å².